The standard InChI is InChI=1S/C40H30N2O6S/c1-2-45-39(44)35-36(26-12-4-3-5-13-26)41-40-42(37(35)28-19-20-32-33(21-28)48-24-47-32)38(43)34(49-40)22-27-14-7-9-18-31(27)46-23-29-16-10-15-25-11-6-8-17-30(25)29/h3-22,37H,2,23-24H2,1H3. The number of para-hydroxylation sites is 1. The van der Waals surface area contributed by atoms with Crippen LogP contribution in [0.4, 0.5) is 0 Å². The summed E-state index contributed by atoms with van der Waals surface area (Å²) < 4.78 is 25.2. The minimum atomic E-state index is -0.833. The molecule has 1 aromatic heterocycles. The van der Waals surface area contributed by atoms with Gasteiger partial charge in [0.25, 0.3) is 5.56 Å². The first-order chi connectivity index (χ1) is 24.1. The Morgan fingerprint density at radius 2 is 1.69 bits per heavy atom. The van der Waals surface area contributed by atoms with Crippen molar-refractivity contribution < 1.29 is 23.7 Å². The van der Waals surface area contributed by atoms with E-state index in [1.807, 2.05) is 91.0 Å². The van der Waals surface area contributed by atoms with E-state index in [-0.39, 0.29) is 24.5 Å². The minimum absolute atomic E-state index is 0.0966. The quantitative estimate of drug-likeness (QED) is 0.175. The summed E-state index contributed by atoms with van der Waals surface area (Å²) >= 11 is 1.26. The van der Waals surface area contributed by atoms with E-state index in [9.17, 15) is 9.59 Å². The maximum absolute atomic E-state index is 14.5. The number of aromatic nitrogens is 1. The number of esters is 1. The van der Waals surface area contributed by atoms with Crippen molar-refractivity contribution in [2.75, 3.05) is 13.4 Å². The molecule has 1 unspecified atom stereocenters. The van der Waals surface area contributed by atoms with E-state index in [0.29, 0.717) is 44.4 Å². The van der Waals surface area contributed by atoms with Crippen molar-refractivity contribution in [3.63, 3.8) is 0 Å². The van der Waals surface area contributed by atoms with Gasteiger partial charge < -0.3 is 18.9 Å². The van der Waals surface area contributed by atoms with Gasteiger partial charge in [0.2, 0.25) is 6.79 Å². The molecule has 6 aromatic rings. The number of hydrogen-bond donors (Lipinski definition) is 0. The van der Waals surface area contributed by atoms with E-state index < -0.39 is 12.0 Å². The largest absolute Gasteiger partial charge is 0.488 e. The van der Waals surface area contributed by atoms with E-state index >= 15 is 0 Å². The smallest absolute Gasteiger partial charge is 0.338 e. The molecule has 242 valence electrons. The van der Waals surface area contributed by atoms with E-state index in [2.05, 4.69) is 24.3 Å². The molecule has 2 aliphatic rings. The van der Waals surface area contributed by atoms with Crippen LogP contribution >= 0.6 is 11.3 Å². The SMILES string of the molecule is CCOC(=O)C1=C(c2ccccc2)N=c2sc(=Cc3ccccc3OCc3cccc4ccccc34)c(=O)n2C1c1ccc2c(c1)OCO2. The molecule has 8 rings (SSSR count). The number of thiazole rings is 1. The zero-order valence-electron chi connectivity index (χ0n) is 26.5. The molecule has 49 heavy (non-hydrogen) atoms. The van der Waals surface area contributed by atoms with Crippen LogP contribution in [0.3, 0.4) is 0 Å². The van der Waals surface area contributed by atoms with Crippen LogP contribution in [0.25, 0.3) is 22.5 Å². The maximum Gasteiger partial charge on any atom is 0.338 e. The molecule has 0 saturated heterocycles. The Morgan fingerprint density at radius 1 is 0.918 bits per heavy atom. The lowest BCUT2D eigenvalue weighted by molar-refractivity contribution is -0.138. The highest BCUT2D eigenvalue weighted by molar-refractivity contribution is 7.07. The molecule has 0 spiro atoms. The monoisotopic (exact) mass is 666 g/mol. The molecule has 0 fully saturated rings. The number of nitrogens with zero attached hydrogens (tertiary/aromatic N) is 2. The molecule has 8 nitrogen and oxygen atoms in total. The van der Waals surface area contributed by atoms with Crippen molar-refractivity contribution in [3.05, 3.63) is 163 Å². The van der Waals surface area contributed by atoms with Gasteiger partial charge in [0.1, 0.15) is 12.4 Å². The molecule has 0 bridgehead atoms. The van der Waals surface area contributed by atoms with Gasteiger partial charge in [-0.25, -0.2) is 9.79 Å². The number of fused-ring (bicyclic) bond motifs is 3. The Labute approximate surface area is 285 Å². The van der Waals surface area contributed by atoms with Crippen LogP contribution in [-0.2, 0) is 16.1 Å². The number of carbonyl (C=O) groups excluding carboxylic acids is 1. The molecule has 0 amide bonds. The highest BCUT2D eigenvalue weighted by atomic mass is 32.1. The molecule has 0 aliphatic carbocycles. The Balaban J connectivity index is 1.27. The summed E-state index contributed by atoms with van der Waals surface area (Å²) in [6, 6.07) is 36.1. The fourth-order valence-electron chi connectivity index (χ4n) is 6.29. The van der Waals surface area contributed by atoms with E-state index in [1.165, 1.54) is 11.3 Å². The molecule has 0 saturated carbocycles. The average Bonchev–Trinajstić information content (AvgIpc) is 3.74. The molecule has 9 heteroatoms. The number of carbonyl (C=O) groups is 1. The predicted octanol–water partition coefficient (Wildman–Crippen LogP) is 6.40. The van der Waals surface area contributed by atoms with Crippen molar-refractivity contribution in [2.45, 2.75) is 19.6 Å². The Kier molecular flexibility index (Phi) is 8.03. The normalized spacial score (nSPS) is 15.2. The van der Waals surface area contributed by atoms with Crippen molar-refractivity contribution in [1.82, 2.24) is 4.57 Å². The Hall–Kier alpha value is -5.93. The highest BCUT2D eigenvalue weighted by Gasteiger charge is 2.36. The van der Waals surface area contributed by atoms with Crippen LogP contribution in [-0.4, -0.2) is 23.9 Å². The van der Waals surface area contributed by atoms with Crippen molar-refractivity contribution in [3.8, 4) is 17.2 Å². The van der Waals surface area contributed by atoms with Gasteiger partial charge in [-0.2, -0.15) is 0 Å². The highest BCUT2D eigenvalue weighted by Crippen LogP contribution is 2.40. The fourth-order valence-corrected chi connectivity index (χ4v) is 7.28. The molecular weight excluding hydrogens is 637 g/mol. The molecule has 2 aliphatic heterocycles. The lowest BCUT2D eigenvalue weighted by Crippen LogP contribution is -2.40. The van der Waals surface area contributed by atoms with Gasteiger partial charge >= 0.3 is 5.97 Å². The van der Waals surface area contributed by atoms with Gasteiger partial charge in [0, 0.05) is 11.1 Å². The second-order valence-corrected chi connectivity index (χ2v) is 12.5. The van der Waals surface area contributed by atoms with E-state index in [4.69, 9.17) is 23.9 Å². The lowest BCUT2D eigenvalue weighted by atomic mass is 9.93. The Bertz CT molecular complexity index is 2440. The number of hydrogen-bond acceptors (Lipinski definition) is 8. The third-order valence-corrected chi connectivity index (χ3v) is 9.54. The molecule has 0 radical (unpaired) electrons. The van der Waals surface area contributed by atoms with Gasteiger partial charge in [-0.15, -0.1) is 0 Å². The van der Waals surface area contributed by atoms with Crippen LogP contribution in [0.2, 0.25) is 0 Å². The number of rotatable bonds is 8. The van der Waals surface area contributed by atoms with Crippen molar-refractivity contribution >= 4 is 39.9 Å². The first kappa shape index (κ1) is 30.4. The average molecular weight is 667 g/mol. The fraction of sp³-hybridized carbons (Fsp3) is 0.125. The van der Waals surface area contributed by atoms with E-state index in [1.54, 1.807) is 17.6 Å². The van der Waals surface area contributed by atoms with Crippen molar-refractivity contribution in [1.29, 1.82) is 0 Å². The van der Waals surface area contributed by atoms with Gasteiger partial charge in [-0.1, -0.05) is 108 Å². The number of benzene rings is 5. The summed E-state index contributed by atoms with van der Waals surface area (Å²) in [5.41, 5.74) is 3.65. The topological polar surface area (TPSA) is 88.4 Å². The van der Waals surface area contributed by atoms with Gasteiger partial charge in [-0.05, 0) is 53.1 Å². The second kappa shape index (κ2) is 12.9. The van der Waals surface area contributed by atoms with Crippen LogP contribution < -0.4 is 29.1 Å². The summed E-state index contributed by atoms with van der Waals surface area (Å²) in [4.78, 5) is 33.7. The molecule has 3 heterocycles. The molecule has 5 aromatic carbocycles. The second-order valence-electron chi connectivity index (χ2n) is 11.5. The maximum atomic E-state index is 14.5. The van der Waals surface area contributed by atoms with Gasteiger partial charge in [0.15, 0.2) is 16.3 Å². The first-order valence-electron chi connectivity index (χ1n) is 16.0. The number of ether oxygens (including phenoxy) is 4. The van der Waals surface area contributed by atoms with Gasteiger partial charge in [-0.3, -0.25) is 9.36 Å². The van der Waals surface area contributed by atoms with Crippen LogP contribution in [0.1, 0.15) is 35.2 Å². The first-order valence-corrected chi connectivity index (χ1v) is 16.8. The molecule has 1 atom stereocenters. The van der Waals surface area contributed by atoms with Crippen molar-refractivity contribution in [2.24, 2.45) is 4.99 Å². The zero-order chi connectivity index (χ0) is 33.3. The van der Waals surface area contributed by atoms with Crippen LogP contribution in [0, 0.1) is 0 Å². The summed E-state index contributed by atoms with van der Waals surface area (Å²) in [6.07, 6.45) is 1.83. The summed E-state index contributed by atoms with van der Waals surface area (Å²) in [5, 5.41) is 2.28. The molecule has 0 N–H and O–H groups in total. The summed E-state index contributed by atoms with van der Waals surface area (Å²) in [5.74, 6) is 1.24. The van der Waals surface area contributed by atoms with E-state index in [0.717, 1.165) is 27.5 Å². The lowest BCUT2D eigenvalue weighted by Gasteiger charge is -2.26. The Morgan fingerprint density at radius 3 is 2.57 bits per heavy atom. The van der Waals surface area contributed by atoms with Crippen LogP contribution in [0.5, 0.6) is 17.2 Å². The van der Waals surface area contributed by atoms with Gasteiger partial charge in [0.05, 0.1) is 28.5 Å². The predicted molar refractivity (Wildman–Crippen MR) is 188 cm³/mol. The molecular formula is C40H30N2O6S. The summed E-state index contributed by atoms with van der Waals surface area (Å²) in [7, 11) is 0. The van der Waals surface area contributed by atoms with Crippen LogP contribution in [0.15, 0.2) is 131 Å². The zero-order valence-corrected chi connectivity index (χ0v) is 27.3. The summed E-state index contributed by atoms with van der Waals surface area (Å²) in [6.45, 7) is 2.38. The minimum Gasteiger partial charge on any atom is -0.488 e. The third kappa shape index (κ3) is 5.68. The third-order valence-electron chi connectivity index (χ3n) is 8.55.